The summed E-state index contributed by atoms with van der Waals surface area (Å²) < 4.78 is 6.31. The van der Waals surface area contributed by atoms with Gasteiger partial charge in [0.05, 0.1) is 20.1 Å². The maximum absolute atomic E-state index is 11.0. The van der Waals surface area contributed by atoms with Gasteiger partial charge in [-0.1, -0.05) is 0 Å². The number of carboxylic acid groups (broad SMARTS) is 1. The molecule has 0 aromatic heterocycles. The third-order valence-corrected chi connectivity index (χ3v) is 3.54. The third kappa shape index (κ3) is 3.69. The van der Waals surface area contributed by atoms with E-state index >= 15 is 0 Å². The first-order valence-corrected chi connectivity index (χ1v) is 6.91. The average Bonchev–Trinajstić information content (AvgIpc) is 2.40. The van der Waals surface area contributed by atoms with Crippen molar-refractivity contribution in [3.05, 3.63) is 61.2 Å². The summed E-state index contributed by atoms with van der Waals surface area (Å²) in [6.45, 7) is 1.72. The molecule has 0 aliphatic carbocycles. The molecule has 0 saturated heterocycles. The Labute approximate surface area is 133 Å². The Morgan fingerprint density at radius 2 is 2.00 bits per heavy atom. The van der Waals surface area contributed by atoms with Crippen molar-refractivity contribution in [2.75, 3.05) is 0 Å². The van der Waals surface area contributed by atoms with E-state index in [4.69, 9.17) is 9.84 Å². The number of non-ortho nitro benzene ring substituents is 1. The first-order valence-electron chi connectivity index (χ1n) is 5.83. The van der Waals surface area contributed by atoms with Crippen molar-refractivity contribution < 1.29 is 19.6 Å². The highest BCUT2D eigenvalue weighted by atomic mass is 127. The van der Waals surface area contributed by atoms with Gasteiger partial charge in [0.2, 0.25) is 0 Å². The van der Waals surface area contributed by atoms with Crippen LogP contribution in [0.5, 0.6) is 11.5 Å². The lowest BCUT2D eigenvalue weighted by Crippen LogP contribution is -1.98. The van der Waals surface area contributed by atoms with E-state index in [1.807, 2.05) is 22.6 Å². The largest absolute Gasteiger partial charge is 0.478 e. The van der Waals surface area contributed by atoms with Crippen LogP contribution in [0.4, 0.5) is 5.69 Å². The van der Waals surface area contributed by atoms with Crippen LogP contribution in [0.2, 0.25) is 0 Å². The first kappa shape index (κ1) is 15.2. The zero-order valence-corrected chi connectivity index (χ0v) is 13.0. The fraction of sp³-hybridized carbons (Fsp3) is 0.0714. The van der Waals surface area contributed by atoms with Gasteiger partial charge in [-0.25, -0.2) is 4.79 Å². The van der Waals surface area contributed by atoms with Gasteiger partial charge in [0.1, 0.15) is 11.5 Å². The van der Waals surface area contributed by atoms with E-state index in [-0.39, 0.29) is 11.3 Å². The molecule has 0 aliphatic rings. The molecule has 108 valence electrons. The number of nitro benzene ring substituents is 1. The lowest BCUT2D eigenvalue weighted by molar-refractivity contribution is -0.385. The maximum atomic E-state index is 11.0. The Bertz CT molecular complexity index is 729. The van der Waals surface area contributed by atoms with Crippen molar-refractivity contribution in [1.82, 2.24) is 0 Å². The van der Waals surface area contributed by atoms with E-state index < -0.39 is 10.9 Å². The Morgan fingerprint density at radius 1 is 1.29 bits per heavy atom. The molecule has 7 heteroatoms. The molecule has 2 aromatic rings. The van der Waals surface area contributed by atoms with Crippen LogP contribution in [-0.4, -0.2) is 16.0 Å². The van der Waals surface area contributed by atoms with Gasteiger partial charge in [-0.15, -0.1) is 0 Å². The van der Waals surface area contributed by atoms with Gasteiger partial charge in [0.15, 0.2) is 0 Å². The number of carboxylic acids is 1. The Hall–Kier alpha value is -2.16. The Kier molecular flexibility index (Phi) is 4.41. The number of benzene rings is 2. The Balaban J connectivity index is 2.40. The smallest absolute Gasteiger partial charge is 0.335 e. The maximum Gasteiger partial charge on any atom is 0.335 e. The number of aromatic carboxylic acids is 1. The SMILES string of the molecule is Cc1cc(Oc2cc(C(=O)O)ccc2I)cc([N+](=O)[O-])c1. The van der Waals surface area contributed by atoms with Crippen LogP contribution >= 0.6 is 22.6 Å². The third-order valence-electron chi connectivity index (χ3n) is 2.65. The molecule has 21 heavy (non-hydrogen) atoms. The highest BCUT2D eigenvalue weighted by Gasteiger charge is 2.12. The van der Waals surface area contributed by atoms with Crippen molar-refractivity contribution in [3.63, 3.8) is 0 Å². The number of ether oxygens (including phenoxy) is 1. The minimum Gasteiger partial charge on any atom is -0.478 e. The molecule has 0 fully saturated rings. The van der Waals surface area contributed by atoms with Crippen LogP contribution in [0, 0.1) is 20.6 Å². The van der Waals surface area contributed by atoms with Crippen molar-refractivity contribution in [2.45, 2.75) is 6.92 Å². The number of hydrogen-bond acceptors (Lipinski definition) is 4. The number of nitro groups is 1. The molecular formula is C14H10INO5. The van der Waals surface area contributed by atoms with Crippen LogP contribution in [0.15, 0.2) is 36.4 Å². The standard InChI is InChI=1S/C14H10INO5/c1-8-4-10(16(19)20)7-11(5-8)21-13-6-9(14(17)18)2-3-12(13)15/h2-7H,1H3,(H,17,18). The zero-order valence-electron chi connectivity index (χ0n) is 10.9. The van der Waals surface area contributed by atoms with E-state index in [0.29, 0.717) is 20.6 Å². The van der Waals surface area contributed by atoms with Crippen molar-refractivity contribution in [1.29, 1.82) is 0 Å². The number of rotatable bonds is 4. The molecule has 6 nitrogen and oxygen atoms in total. The molecule has 0 heterocycles. The highest BCUT2D eigenvalue weighted by molar-refractivity contribution is 14.1. The lowest BCUT2D eigenvalue weighted by Gasteiger charge is -2.09. The summed E-state index contributed by atoms with van der Waals surface area (Å²) in [5, 5.41) is 19.8. The first-order chi connectivity index (χ1) is 9.86. The predicted octanol–water partition coefficient (Wildman–Crippen LogP) is 4.00. The molecule has 0 radical (unpaired) electrons. The van der Waals surface area contributed by atoms with E-state index in [2.05, 4.69) is 0 Å². The quantitative estimate of drug-likeness (QED) is 0.477. The summed E-state index contributed by atoms with van der Waals surface area (Å²) in [5.74, 6) is -0.427. The van der Waals surface area contributed by atoms with Gasteiger partial charge in [-0.3, -0.25) is 10.1 Å². The summed E-state index contributed by atoms with van der Waals surface area (Å²) in [6, 6.07) is 8.86. The molecule has 1 N–H and O–H groups in total. The molecule has 0 aliphatic heterocycles. The lowest BCUT2D eigenvalue weighted by atomic mass is 10.2. The van der Waals surface area contributed by atoms with Gasteiger partial charge in [0.25, 0.3) is 5.69 Å². The Morgan fingerprint density at radius 3 is 2.62 bits per heavy atom. The van der Waals surface area contributed by atoms with E-state index in [1.165, 1.54) is 24.3 Å². The van der Waals surface area contributed by atoms with Crippen LogP contribution in [0.1, 0.15) is 15.9 Å². The summed E-state index contributed by atoms with van der Waals surface area (Å²) in [7, 11) is 0. The molecular weight excluding hydrogens is 389 g/mol. The van der Waals surface area contributed by atoms with Crippen LogP contribution < -0.4 is 4.74 Å². The highest BCUT2D eigenvalue weighted by Crippen LogP contribution is 2.30. The minimum atomic E-state index is -1.06. The van der Waals surface area contributed by atoms with Gasteiger partial charge >= 0.3 is 5.97 Å². The van der Waals surface area contributed by atoms with Gasteiger partial charge in [-0.2, -0.15) is 0 Å². The van der Waals surface area contributed by atoms with Crippen LogP contribution in [0.25, 0.3) is 0 Å². The number of aryl methyl sites for hydroxylation is 1. The predicted molar refractivity (Wildman–Crippen MR) is 84.0 cm³/mol. The minimum absolute atomic E-state index is 0.0746. The molecule has 0 spiro atoms. The number of halogens is 1. The van der Waals surface area contributed by atoms with Crippen LogP contribution in [0.3, 0.4) is 0 Å². The zero-order chi connectivity index (χ0) is 15.6. The van der Waals surface area contributed by atoms with E-state index in [1.54, 1.807) is 19.1 Å². The molecule has 0 amide bonds. The second kappa shape index (κ2) is 6.08. The summed E-state index contributed by atoms with van der Waals surface area (Å²) in [4.78, 5) is 21.3. The van der Waals surface area contributed by atoms with Gasteiger partial charge in [-0.05, 0) is 59.3 Å². The van der Waals surface area contributed by atoms with E-state index in [0.717, 1.165) is 0 Å². The van der Waals surface area contributed by atoms with Crippen LogP contribution in [-0.2, 0) is 0 Å². The normalized spacial score (nSPS) is 10.2. The summed E-state index contributed by atoms with van der Waals surface area (Å²) in [5.41, 5.74) is 0.700. The molecule has 0 unspecified atom stereocenters. The summed E-state index contributed by atoms with van der Waals surface area (Å²) >= 11 is 2.01. The number of carbonyl (C=O) groups is 1. The topological polar surface area (TPSA) is 89.7 Å². The molecule has 0 atom stereocenters. The van der Waals surface area contributed by atoms with Gasteiger partial charge < -0.3 is 9.84 Å². The van der Waals surface area contributed by atoms with Crippen molar-refractivity contribution >= 4 is 34.2 Å². The number of nitrogens with zero attached hydrogens (tertiary/aromatic N) is 1. The summed E-state index contributed by atoms with van der Waals surface area (Å²) in [6.07, 6.45) is 0. The fourth-order valence-corrected chi connectivity index (χ4v) is 2.18. The monoisotopic (exact) mass is 399 g/mol. The second-order valence-corrected chi connectivity index (χ2v) is 5.48. The fourth-order valence-electron chi connectivity index (χ4n) is 1.73. The molecule has 0 bridgehead atoms. The average molecular weight is 399 g/mol. The van der Waals surface area contributed by atoms with E-state index in [9.17, 15) is 14.9 Å². The second-order valence-electron chi connectivity index (χ2n) is 4.31. The molecule has 2 aromatic carbocycles. The molecule has 0 saturated carbocycles. The van der Waals surface area contributed by atoms with Crippen molar-refractivity contribution in [2.24, 2.45) is 0 Å². The van der Waals surface area contributed by atoms with Crippen molar-refractivity contribution in [3.8, 4) is 11.5 Å². The number of hydrogen-bond donors (Lipinski definition) is 1. The van der Waals surface area contributed by atoms with Gasteiger partial charge in [0, 0.05) is 6.07 Å². The molecule has 2 rings (SSSR count).